The molecule has 0 aliphatic rings. The number of nitro groups is 1. The van der Waals surface area contributed by atoms with Gasteiger partial charge in [0.25, 0.3) is 5.69 Å². The van der Waals surface area contributed by atoms with Crippen LogP contribution in [0.5, 0.6) is 5.75 Å². The monoisotopic (exact) mass is 312 g/mol. The molecule has 1 aromatic heterocycles. The number of nitrogens with zero attached hydrogens (tertiary/aromatic N) is 2. The number of rotatable bonds is 5. The fraction of sp³-hybridized carbons (Fsp3) is 0.312. The summed E-state index contributed by atoms with van der Waals surface area (Å²) in [6.45, 7) is 6.02. The number of pyridine rings is 1. The molecule has 2 rings (SSSR count). The molecule has 0 fully saturated rings. The van der Waals surface area contributed by atoms with Crippen LogP contribution in [0.3, 0.4) is 0 Å². The highest BCUT2D eigenvalue weighted by Crippen LogP contribution is 2.38. The van der Waals surface area contributed by atoms with Crippen molar-refractivity contribution in [1.82, 2.24) is 4.98 Å². The lowest BCUT2D eigenvalue weighted by Gasteiger charge is -2.27. The minimum atomic E-state index is -0.511. The van der Waals surface area contributed by atoms with E-state index in [1.165, 1.54) is 6.07 Å². The Hall–Kier alpha value is -1.90. The van der Waals surface area contributed by atoms with Crippen molar-refractivity contribution in [1.29, 1.82) is 0 Å². The SMILES string of the molecule is CCc1cccc(C(C)(C)c2cc([N+](=O)[O-])ccc2[O][Al])n1. The van der Waals surface area contributed by atoms with E-state index in [0.29, 0.717) is 5.75 Å². The smallest absolute Gasteiger partial charge is 0.482 e. The van der Waals surface area contributed by atoms with Crippen LogP contribution in [0.25, 0.3) is 0 Å². The third-order valence-electron chi connectivity index (χ3n) is 3.78. The summed E-state index contributed by atoms with van der Waals surface area (Å²) in [7, 11) is 0. The first-order valence-corrected chi connectivity index (χ1v) is 7.49. The van der Waals surface area contributed by atoms with Crippen molar-refractivity contribution in [2.45, 2.75) is 32.6 Å². The minimum absolute atomic E-state index is 0.0421. The summed E-state index contributed by atoms with van der Waals surface area (Å²) in [5.74, 6) is 0.587. The Morgan fingerprint density at radius 3 is 2.64 bits per heavy atom. The van der Waals surface area contributed by atoms with Crippen molar-refractivity contribution in [2.24, 2.45) is 0 Å². The molecule has 0 amide bonds. The highest BCUT2D eigenvalue weighted by Gasteiger charge is 2.29. The number of hydrogen-bond donors (Lipinski definition) is 0. The Labute approximate surface area is 138 Å². The Kier molecular flexibility index (Phi) is 4.85. The van der Waals surface area contributed by atoms with Gasteiger partial charge in [-0.15, -0.1) is 0 Å². The fourth-order valence-electron chi connectivity index (χ4n) is 2.39. The average Bonchev–Trinajstić information content (AvgIpc) is 2.54. The molecule has 0 N–H and O–H groups in total. The van der Waals surface area contributed by atoms with E-state index in [1.54, 1.807) is 12.1 Å². The molecular formula is C16H17AlN2O3. The molecule has 5 nitrogen and oxygen atoms in total. The molecule has 2 radical (unpaired) electrons. The Balaban J connectivity index is 2.60. The highest BCUT2D eigenvalue weighted by molar-refractivity contribution is 6.00. The van der Waals surface area contributed by atoms with E-state index in [2.05, 4.69) is 21.6 Å². The Bertz CT molecular complexity index is 702. The summed E-state index contributed by atoms with van der Waals surface area (Å²) in [5.41, 5.74) is 2.11. The fourth-order valence-corrected chi connectivity index (χ4v) is 2.59. The van der Waals surface area contributed by atoms with Gasteiger partial charge in [-0.2, -0.15) is 0 Å². The zero-order valence-corrected chi connectivity index (χ0v) is 14.0. The molecule has 6 heteroatoms. The number of nitro benzene ring substituents is 1. The molecule has 0 saturated heterocycles. The second-order valence-electron chi connectivity index (χ2n) is 5.55. The summed E-state index contributed by atoms with van der Waals surface area (Å²) in [5, 5.41) is 11.1. The first-order valence-electron chi connectivity index (χ1n) is 7.02. The van der Waals surface area contributed by atoms with Gasteiger partial charge in [0.15, 0.2) is 0 Å². The van der Waals surface area contributed by atoms with Crippen LogP contribution in [-0.2, 0) is 11.8 Å². The van der Waals surface area contributed by atoms with Crippen molar-refractivity contribution >= 4 is 22.3 Å². The molecule has 112 valence electrons. The molecule has 0 spiro atoms. The first kappa shape index (κ1) is 16.5. The summed E-state index contributed by atoms with van der Waals surface area (Å²) in [6, 6.07) is 10.5. The highest BCUT2D eigenvalue weighted by atomic mass is 27.1. The molecule has 1 heterocycles. The summed E-state index contributed by atoms with van der Waals surface area (Å²) < 4.78 is 5.31. The van der Waals surface area contributed by atoms with Crippen LogP contribution in [0, 0.1) is 10.1 Å². The van der Waals surface area contributed by atoms with Crippen molar-refractivity contribution in [3.8, 4) is 5.75 Å². The molecule has 0 aliphatic carbocycles. The van der Waals surface area contributed by atoms with E-state index in [4.69, 9.17) is 3.79 Å². The number of hydrogen-bond acceptors (Lipinski definition) is 4. The Morgan fingerprint density at radius 1 is 1.32 bits per heavy atom. The summed E-state index contributed by atoms with van der Waals surface area (Å²) in [4.78, 5) is 15.3. The average molecular weight is 312 g/mol. The van der Waals surface area contributed by atoms with Crippen molar-refractivity contribution in [2.75, 3.05) is 0 Å². The van der Waals surface area contributed by atoms with E-state index in [1.807, 2.05) is 39.0 Å². The van der Waals surface area contributed by atoms with Crippen LogP contribution in [0.4, 0.5) is 5.69 Å². The lowest BCUT2D eigenvalue weighted by atomic mass is 9.80. The molecule has 0 bridgehead atoms. The minimum Gasteiger partial charge on any atom is -0.653 e. The second-order valence-corrected chi connectivity index (χ2v) is 5.78. The predicted molar refractivity (Wildman–Crippen MR) is 85.2 cm³/mol. The quantitative estimate of drug-likeness (QED) is 0.482. The normalized spacial score (nSPS) is 11.2. The predicted octanol–water partition coefficient (Wildman–Crippen LogP) is 3.34. The Morgan fingerprint density at radius 2 is 2.05 bits per heavy atom. The molecule has 0 aliphatic heterocycles. The van der Waals surface area contributed by atoms with Gasteiger partial charge in [0.05, 0.1) is 16.4 Å². The van der Waals surface area contributed by atoms with Gasteiger partial charge in [0.1, 0.15) is 0 Å². The van der Waals surface area contributed by atoms with Gasteiger partial charge in [-0.25, -0.2) is 0 Å². The maximum atomic E-state index is 11.1. The lowest BCUT2D eigenvalue weighted by molar-refractivity contribution is -0.385. The van der Waals surface area contributed by atoms with Crippen LogP contribution >= 0.6 is 0 Å². The number of benzene rings is 1. The third-order valence-corrected chi connectivity index (χ3v) is 4.04. The zero-order chi connectivity index (χ0) is 16.3. The van der Waals surface area contributed by atoms with Gasteiger partial charge in [0, 0.05) is 28.8 Å². The van der Waals surface area contributed by atoms with Crippen molar-refractivity contribution < 1.29 is 8.71 Å². The van der Waals surface area contributed by atoms with Crippen LogP contribution in [0.1, 0.15) is 37.7 Å². The van der Waals surface area contributed by atoms with Gasteiger partial charge in [-0.05, 0) is 24.6 Å². The lowest BCUT2D eigenvalue weighted by Crippen LogP contribution is -2.22. The van der Waals surface area contributed by atoms with E-state index >= 15 is 0 Å². The van der Waals surface area contributed by atoms with E-state index < -0.39 is 10.3 Å². The van der Waals surface area contributed by atoms with E-state index in [0.717, 1.165) is 23.4 Å². The topological polar surface area (TPSA) is 65.3 Å². The van der Waals surface area contributed by atoms with Gasteiger partial charge >= 0.3 is 16.6 Å². The zero-order valence-electron chi connectivity index (χ0n) is 12.9. The maximum absolute atomic E-state index is 11.1. The van der Waals surface area contributed by atoms with Gasteiger partial charge in [-0.3, -0.25) is 15.1 Å². The molecule has 2 aromatic rings. The van der Waals surface area contributed by atoms with Gasteiger partial charge < -0.3 is 3.79 Å². The van der Waals surface area contributed by atoms with Crippen LogP contribution in [0.2, 0.25) is 0 Å². The third kappa shape index (κ3) is 3.13. The molecule has 0 unspecified atom stereocenters. The van der Waals surface area contributed by atoms with Crippen LogP contribution in [0.15, 0.2) is 36.4 Å². The largest absolute Gasteiger partial charge is 0.653 e. The molecule has 22 heavy (non-hydrogen) atoms. The van der Waals surface area contributed by atoms with E-state index in [-0.39, 0.29) is 5.69 Å². The van der Waals surface area contributed by atoms with Gasteiger partial charge in [0.2, 0.25) is 0 Å². The number of non-ortho nitro benzene ring substituents is 1. The molecule has 1 aromatic carbocycles. The van der Waals surface area contributed by atoms with Crippen molar-refractivity contribution in [3.05, 3.63) is 63.5 Å². The molecule has 0 atom stereocenters. The second kappa shape index (κ2) is 6.47. The van der Waals surface area contributed by atoms with Gasteiger partial charge in [-0.1, -0.05) is 26.8 Å². The standard InChI is InChI=1S/C16H18N2O3.Al/c1-4-11-6-5-7-15(17-11)16(2,3)13-10-12(18(20)21)8-9-14(13)19;/h5-10,19H,4H2,1-3H3;/q;+1/p-1. The van der Waals surface area contributed by atoms with Crippen molar-refractivity contribution in [3.63, 3.8) is 0 Å². The maximum Gasteiger partial charge on any atom is 0.482 e. The van der Waals surface area contributed by atoms with Crippen LogP contribution in [-0.4, -0.2) is 26.5 Å². The molecular weight excluding hydrogens is 295 g/mol. The van der Waals surface area contributed by atoms with Crippen LogP contribution < -0.4 is 3.79 Å². The number of aryl methyl sites for hydroxylation is 1. The van der Waals surface area contributed by atoms with E-state index in [9.17, 15) is 10.1 Å². The molecule has 0 saturated carbocycles. The number of aromatic nitrogens is 1. The summed E-state index contributed by atoms with van der Waals surface area (Å²) >= 11 is 2.19. The summed E-state index contributed by atoms with van der Waals surface area (Å²) in [6.07, 6.45) is 0.839. The first-order chi connectivity index (χ1) is 10.4.